The van der Waals surface area contributed by atoms with Gasteiger partial charge in [-0.15, -0.1) is 49.6 Å². The molecular weight excluding hydrogens is 1120 g/mol. The van der Waals surface area contributed by atoms with Crippen molar-refractivity contribution in [2.45, 2.75) is 80.6 Å². The van der Waals surface area contributed by atoms with Crippen LogP contribution in [0.1, 0.15) is 101 Å². The van der Waals surface area contributed by atoms with Crippen molar-refractivity contribution in [1.82, 2.24) is 9.97 Å². The van der Waals surface area contributed by atoms with E-state index < -0.39 is 10.8 Å². The highest BCUT2D eigenvalue weighted by Crippen LogP contribution is 2.34. The van der Waals surface area contributed by atoms with Gasteiger partial charge >= 0.3 is 0 Å². The first kappa shape index (κ1) is 69.0. The molecule has 0 unspecified atom stereocenters. The Kier molecular flexibility index (Phi) is 30.5. The molecule has 0 bridgehead atoms. The number of aliphatic imine (C=N–C) groups is 2. The van der Waals surface area contributed by atoms with Crippen LogP contribution in [0.5, 0.6) is 34.5 Å². The maximum Gasteiger partial charge on any atom is 0.169 e. The van der Waals surface area contributed by atoms with E-state index in [0.717, 1.165) is 94.0 Å². The number of halogens is 5. The van der Waals surface area contributed by atoms with Gasteiger partial charge in [0.2, 0.25) is 0 Å². The van der Waals surface area contributed by atoms with Gasteiger partial charge in [-0.2, -0.15) is 0 Å². The number of benzene rings is 4. The number of carbonyl (C=O) groups is 2. The summed E-state index contributed by atoms with van der Waals surface area (Å²) in [5.41, 5.74) is 8.95. The SMILES string of the molecule is CC(C)(C)C(=O)CC(=O)C(C)(C)C.COc1cc(/C=C2\CCCN=C2c2cccnc2)ccc1O.COc1cc(/C=C2\CCCN=C2c2cccnc2)ccc1Oc1cccc(C)c1.COc1cccc(Br)c1.Cl.Cl.Cl.Cl. The number of hydrogen-bond acceptors (Lipinski definition) is 11. The number of Topliss-reactive ketones (excluding diaryl/α,β-unsaturated/α-hetero) is 2. The summed E-state index contributed by atoms with van der Waals surface area (Å²) in [6.07, 6.45) is 15.7. The molecule has 2 aliphatic heterocycles. The number of pyridine rings is 2. The van der Waals surface area contributed by atoms with Crippen molar-refractivity contribution in [3.8, 4) is 34.5 Å². The lowest BCUT2D eigenvalue weighted by atomic mass is 9.82. The number of aryl methyl sites for hydroxylation is 1. The van der Waals surface area contributed by atoms with Gasteiger partial charge < -0.3 is 24.1 Å². The van der Waals surface area contributed by atoms with Crippen LogP contribution < -0.4 is 18.9 Å². The second kappa shape index (κ2) is 34.0. The Balaban J connectivity index is 0.000000548. The number of ketones is 2. The zero-order valence-corrected chi connectivity index (χ0v) is 50.4. The quantitative estimate of drug-likeness (QED) is 0.125. The third-order valence-electron chi connectivity index (χ3n) is 11.5. The lowest BCUT2D eigenvalue weighted by molar-refractivity contribution is -0.135. The summed E-state index contributed by atoms with van der Waals surface area (Å²) in [5.74, 6) is 3.75. The van der Waals surface area contributed by atoms with Crippen LogP contribution in [0.3, 0.4) is 0 Å². The summed E-state index contributed by atoms with van der Waals surface area (Å²) in [5, 5.41) is 9.69. The van der Waals surface area contributed by atoms with Gasteiger partial charge in [-0.05, 0) is 151 Å². The van der Waals surface area contributed by atoms with Crippen molar-refractivity contribution < 1.29 is 33.6 Å². The minimum atomic E-state index is -0.402. The molecule has 6 aromatic rings. The largest absolute Gasteiger partial charge is 0.504 e. The Labute approximate surface area is 488 Å². The fourth-order valence-corrected chi connectivity index (χ4v) is 7.70. The van der Waals surface area contributed by atoms with Crippen molar-refractivity contribution >= 4 is 101 Å². The lowest BCUT2D eigenvalue weighted by Crippen LogP contribution is -2.28. The van der Waals surface area contributed by atoms with Crippen LogP contribution in [0.25, 0.3) is 12.2 Å². The van der Waals surface area contributed by atoms with Crippen LogP contribution in [0.4, 0.5) is 0 Å². The van der Waals surface area contributed by atoms with Gasteiger partial charge in [0, 0.05) is 64.3 Å². The monoisotopic (exact) mass is 1190 g/mol. The molecule has 0 saturated heterocycles. The summed E-state index contributed by atoms with van der Waals surface area (Å²) in [6, 6.07) is 35.0. The van der Waals surface area contributed by atoms with Crippen molar-refractivity contribution in [2.24, 2.45) is 20.8 Å². The predicted octanol–water partition coefficient (Wildman–Crippen LogP) is 16.1. The van der Waals surface area contributed by atoms with Crippen molar-refractivity contribution in [1.29, 1.82) is 0 Å². The summed E-state index contributed by atoms with van der Waals surface area (Å²) < 4.78 is 22.8. The number of nitrogens with zero attached hydrogens (tertiary/aromatic N) is 4. The average Bonchev–Trinajstić information content (AvgIpc) is 3.38. The van der Waals surface area contributed by atoms with E-state index in [1.54, 1.807) is 39.8 Å². The molecule has 0 spiro atoms. The lowest BCUT2D eigenvalue weighted by Gasteiger charge is -2.20. The first-order valence-electron chi connectivity index (χ1n) is 24.4. The molecule has 1 N–H and O–H groups in total. The minimum Gasteiger partial charge on any atom is -0.504 e. The van der Waals surface area contributed by atoms with Crippen LogP contribution in [0.2, 0.25) is 0 Å². The third kappa shape index (κ3) is 22.5. The second-order valence-corrected chi connectivity index (χ2v) is 20.4. The Morgan fingerprint density at radius 2 is 1.08 bits per heavy atom. The number of aromatic nitrogens is 2. The molecule has 4 heterocycles. The molecule has 77 heavy (non-hydrogen) atoms. The molecule has 11 nitrogen and oxygen atoms in total. The maximum atomic E-state index is 11.5. The van der Waals surface area contributed by atoms with E-state index in [1.165, 1.54) is 11.1 Å². The van der Waals surface area contributed by atoms with E-state index in [0.29, 0.717) is 17.2 Å². The van der Waals surface area contributed by atoms with Gasteiger partial charge in [-0.25, -0.2) is 0 Å². The first-order valence-corrected chi connectivity index (χ1v) is 25.1. The number of ether oxygens (including phenoxy) is 4. The number of carbonyl (C=O) groups excluding carboxylic acids is 2. The number of phenols is 1. The normalized spacial score (nSPS) is 13.6. The molecule has 0 saturated carbocycles. The van der Waals surface area contributed by atoms with Gasteiger partial charge in [-0.3, -0.25) is 29.5 Å². The second-order valence-electron chi connectivity index (χ2n) is 19.4. The maximum absolute atomic E-state index is 11.5. The molecule has 0 fully saturated rings. The molecule has 2 aromatic heterocycles. The Morgan fingerprint density at radius 1 is 0.584 bits per heavy atom. The number of allylic oxidation sites excluding steroid dienone is 2. The average molecular weight is 1200 g/mol. The molecule has 8 rings (SSSR count). The Hall–Kier alpha value is -6.02. The van der Waals surface area contributed by atoms with Crippen LogP contribution in [-0.2, 0) is 9.59 Å². The predicted molar refractivity (Wildman–Crippen MR) is 328 cm³/mol. The highest BCUT2D eigenvalue weighted by molar-refractivity contribution is 9.10. The summed E-state index contributed by atoms with van der Waals surface area (Å²) in [6.45, 7) is 14.8. The van der Waals surface area contributed by atoms with Crippen molar-refractivity contribution in [3.05, 3.63) is 177 Å². The molecule has 0 aliphatic carbocycles. The van der Waals surface area contributed by atoms with Gasteiger partial charge in [-0.1, -0.05) is 87.8 Å². The molecule has 16 heteroatoms. The zero-order valence-electron chi connectivity index (χ0n) is 45.5. The molecular formula is C61H73BrCl4N4O7. The summed E-state index contributed by atoms with van der Waals surface area (Å²) >= 11 is 3.32. The molecule has 2 aliphatic rings. The van der Waals surface area contributed by atoms with Crippen LogP contribution in [0, 0.1) is 17.8 Å². The van der Waals surface area contributed by atoms with Crippen LogP contribution in [-0.4, -0.2) is 72.5 Å². The Bertz CT molecular complexity index is 2900. The van der Waals surface area contributed by atoms with Gasteiger partial charge in [0.05, 0.1) is 39.2 Å². The summed E-state index contributed by atoms with van der Waals surface area (Å²) in [4.78, 5) is 40.8. The first-order chi connectivity index (χ1) is 34.9. The molecule has 0 radical (unpaired) electrons. The van der Waals surface area contributed by atoms with Gasteiger partial charge in [0.15, 0.2) is 23.0 Å². The van der Waals surface area contributed by atoms with Crippen LogP contribution >= 0.6 is 65.6 Å². The van der Waals surface area contributed by atoms with E-state index in [2.05, 4.69) is 55.2 Å². The number of hydrogen-bond donors (Lipinski definition) is 1. The van der Waals surface area contributed by atoms with Crippen LogP contribution in [0.15, 0.2) is 160 Å². The van der Waals surface area contributed by atoms with Crippen molar-refractivity contribution in [3.63, 3.8) is 0 Å². The van der Waals surface area contributed by atoms with Gasteiger partial charge in [0.1, 0.15) is 23.1 Å². The highest BCUT2D eigenvalue weighted by Gasteiger charge is 2.29. The fraction of sp³-hybridized carbons (Fsp3) is 0.311. The molecule has 0 atom stereocenters. The Morgan fingerprint density at radius 3 is 1.52 bits per heavy atom. The fourth-order valence-electron chi connectivity index (χ4n) is 7.32. The highest BCUT2D eigenvalue weighted by atomic mass is 79.9. The molecule has 4 aromatic carbocycles. The summed E-state index contributed by atoms with van der Waals surface area (Å²) in [7, 11) is 4.87. The standard InChI is InChI=1S/C25H24N2O2.C18H18N2O2.C11H20O2.C7H7BrO.4ClH/c1-18-6-3-9-22(14-18)29-23-11-10-19(16-24(23)28-2)15-20-7-5-13-27-25(20)21-8-4-12-26-17-21;1-22-17-11-13(6-7-16(17)21)10-14-4-3-9-20-18(14)15-5-2-8-19-12-15;1-10(2,3)8(12)7-9(13)11(4,5)6;1-9-7-4-2-3-6(8)5-7;;;;/h3-4,6,8-12,14-17H,5,7,13H2,1-2H3;2,5-8,10-12,21H,3-4,9H2,1H3;7H2,1-6H3;2-5H,1H3;4*1H/b20-15+;14-10+;;;;;;. The van der Waals surface area contributed by atoms with Gasteiger partial charge in [0.25, 0.3) is 0 Å². The van der Waals surface area contributed by atoms with E-state index in [9.17, 15) is 14.7 Å². The molecule has 414 valence electrons. The molecule has 0 amide bonds. The van der Waals surface area contributed by atoms with E-state index in [-0.39, 0.29) is 73.4 Å². The smallest absolute Gasteiger partial charge is 0.169 e. The van der Waals surface area contributed by atoms with E-state index >= 15 is 0 Å². The topological polar surface area (TPSA) is 142 Å². The number of phenolic OH excluding ortho intramolecular Hbond substituents is 1. The minimum absolute atomic E-state index is 0. The number of rotatable bonds is 11. The number of methoxy groups -OCH3 is 3. The van der Waals surface area contributed by atoms with E-state index in [4.69, 9.17) is 23.9 Å². The number of aromatic hydroxyl groups is 1. The zero-order chi connectivity index (χ0) is 53.0. The van der Waals surface area contributed by atoms with E-state index in [1.807, 2.05) is 152 Å². The third-order valence-corrected chi connectivity index (χ3v) is 12.0. The van der Waals surface area contributed by atoms with Crippen molar-refractivity contribution in [2.75, 3.05) is 34.4 Å².